The van der Waals surface area contributed by atoms with Gasteiger partial charge in [0.05, 0.1) is 5.92 Å². The molecule has 0 spiro atoms. The van der Waals surface area contributed by atoms with Crippen LogP contribution in [0.5, 0.6) is 0 Å². The van der Waals surface area contributed by atoms with Crippen LogP contribution in [0.2, 0.25) is 0 Å². The number of amides is 1. The van der Waals surface area contributed by atoms with Crippen LogP contribution >= 0.6 is 0 Å². The maximum atomic E-state index is 12.5. The Bertz CT molecular complexity index is 304. The number of carbonyl (C=O) groups excluding carboxylic acids is 1. The largest absolute Gasteiger partial charge is 0.342 e. The molecule has 1 saturated heterocycles. The Labute approximate surface area is 111 Å². The normalized spacial score (nSPS) is 32.4. The maximum Gasteiger partial charge on any atom is 0.227 e. The summed E-state index contributed by atoms with van der Waals surface area (Å²) in [6, 6.07) is 0.471. The number of hydrogen-bond acceptors (Lipinski definition) is 2. The van der Waals surface area contributed by atoms with Gasteiger partial charge in [-0.2, -0.15) is 0 Å². The molecular weight excluding hydrogens is 224 g/mol. The summed E-state index contributed by atoms with van der Waals surface area (Å²) in [5, 5.41) is 3.33. The first-order valence-corrected chi connectivity index (χ1v) is 7.38. The van der Waals surface area contributed by atoms with Gasteiger partial charge in [-0.3, -0.25) is 4.79 Å². The Morgan fingerprint density at radius 3 is 2.33 bits per heavy atom. The maximum absolute atomic E-state index is 12.5. The molecule has 104 valence electrons. The fourth-order valence-corrected chi connectivity index (χ4v) is 3.35. The molecule has 0 bridgehead atoms. The average molecular weight is 252 g/mol. The number of nitrogens with one attached hydrogen (secondary N) is 1. The van der Waals surface area contributed by atoms with Gasteiger partial charge in [-0.1, -0.05) is 20.8 Å². The van der Waals surface area contributed by atoms with Crippen LogP contribution in [0.15, 0.2) is 0 Å². The molecule has 1 saturated carbocycles. The zero-order valence-corrected chi connectivity index (χ0v) is 12.3. The summed E-state index contributed by atoms with van der Waals surface area (Å²) in [4.78, 5) is 14.5. The lowest BCUT2D eigenvalue weighted by atomic mass is 9.75. The van der Waals surface area contributed by atoms with Gasteiger partial charge in [0.15, 0.2) is 0 Å². The molecule has 0 radical (unpaired) electrons. The van der Waals surface area contributed by atoms with Gasteiger partial charge in [0, 0.05) is 19.6 Å². The van der Waals surface area contributed by atoms with Crippen molar-refractivity contribution in [2.24, 2.45) is 17.3 Å². The molecule has 2 aliphatic rings. The number of rotatable bonds is 2. The summed E-state index contributed by atoms with van der Waals surface area (Å²) in [7, 11) is 2.01. The lowest BCUT2D eigenvalue weighted by molar-refractivity contribution is -0.137. The van der Waals surface area contributed by atoms with E-state index in [0.29, 0.717) is 23.3 Å². The molecule has 2 atom stereocenters. The van der Waals surface area contributed by atoms with Crippen molar-refractivity contribution in [3.05, 3.63) is 0 Å². The zero-order valence-electron chi connectivity index (χ0n) is 12.3. The van der Waals surface area contributed by atoms with Gasteiger partial charge in [-0.25, -0.2) is 0 Å². The molecule has 3 heteroatoms. The quantitative estimate of drug-likeness (QED) is 0.817. The Hall–Kier alpha value is -0.570. The van der Waals surface area contributed by atoms with Crippen molar-refractivity contribution < 1.29 is 4.79 Å². The Kier molecular flexibility index (Phi) is 4.00. The summed E-state index contributed by atoms with van der Waals surface area (Å²) >= 11 is 0. The van der Waals surface area contributed by atoms with Crippen LogP contribution in [0.4, 0.5) is 0 Å². The molecule has 1 aliphatic heterocycles. The highest BCUT2D eigenvalue weighted by molar-refractivity contribution is 5.79. The van der Waals surface area contributed by atoms with Crippen molar-refractivity contribution in [3.63, 3.8) is 0 Å². The zero-order chi connectivity index (χ0) is 13.3. The molecule has 1 amide bonds. The molecule has 1 heterocycles. The molecule has 2 fully saturated rings. The van der Waals surface area contributed by atoms with E-state index in [4.69, 9.17) is 0 Å². The molecule has 1 aliphatic carbocycles. The smallest absolute Gasteiger partial charge is 0.227 e. The Morgan fingerprint density at radius 1 is 1.22 bits per heavy atom. The summed E-state index contributed by atoms with van der Waals surface area (Å²) < 4.78 is 0. The topological polar surface area (TPSA) is 32.3 Å². The monoisotopic (exact) mass is 252 g/mol. The molecule has 0 aromatic carbocycles. The first-order chi connectivity index (χ1) is 8.41. The van der Waals surface area contributed by atoms with E-state index in [1.165, 1.54) is 25.7 Å². The molecular formula is C15H28N2O. The van der Waals surface area contributed by atoms with Crippen LogP contribution in [0.1, 0.15) is 46.5 Å². The molecule has 2 rings (SSSR count). The summed E-state index contributed by atoms with van der Waals surface area (Å²) in [5.41, 5.74) is 0.475. The highest BCUT2D eigenvalue weighted by atomic mass is 16.2. The predicted molar refractivity (Wildman–Crippen MR) is 74.3 cm³/mol. The Balaban J connectivity index is 1.91. The van der Waals surface area contributed by atoms with E-state index in [-0.39, 0.29) is 5.92 Å². The standard InChI is InChI=1S/C15H28N2O/c1-11-9-16-10-13(11)14(18)17(4)12-5-7-15(2,3)8-6-12/h11-13,16H,5-10H2,1-4H3/t11-,13-/m1/s1. The van der Waals surface area contributed by atoms with Gasteiger partial charge < -0.3 is 10.2 Å². The first-order valence-electron chi connectivity index (χ1n) is 7.38. The number of carbonyl (C=O) groups is 1. The van der Waals surface area contributed by atoms with Crippen molar-refractivity contribution in [2.75, 3.05) is 20.1 Å². The number of nitrogens with zero attached hydrogens (tertiary/aromatic N) is 1. The van der Waals surface area contributed by atoms with E-state index in [9.17, 15) is 4.79 Å². The van der Waals surface area contributed by atoms with Crippen LogP contribution < -0.4 is 5.32 Å². The molecule has 0 aromatic heterocycles. The first kappa shape index (κ1) is 13.9. The molecule has 3 nitrogen and oxygen atoms in total. The van der Waals surface area contributed by atoms with E-state index in [1.54, 1.807) is 0 Å². The van der Waals surface area contributed by atoms with Crippen molar-refractivity contribution in [1.82, 2.24) is 10.2 Å². The van der Waals surface area contributed by atoms with Gasteiger partial charge in [0.25, 0.3) is 0 Å². The minimum Gasteiger partial charge on any atom is -0.342 e. The second-order valence-corrected chi connectivity index (χ2v) is 7.09. The van der Waals surface area contributed by atoms with Crippen LogP contribution in [0, 0.1) is 17.3 Å². The molecule has 0 unspecified atom stereocenters. The lowest BCUT2D eigenvalue weighted by Gasteiger charge is -2.39. The Morgan fingerprint density at radius 2 is 1.83 bits per heavy atom. The minimum absolute atomic E-state index is 0.199. The second kappa shape index (κ2) is 5.20. The SMILES string of the molecule is C[C@@H]1CNC[C@H]1C(=O)N(C)C1CCC(C)(C)CC1. The molecule has 1 N–H and O–H groups in total. The summed E-state index contributed by atoms with van der Waals surface area (Å²) in [5.74, 6) is 1.04. The fraction of sp³-hybridized carbons (Fsp3) is 0.933. The summed E-state index contributed by atoms with van der Waals surface area (Å²) in [6.45, 7) is 8.72. The second-order valence-electron chi connectivity index (χ2n) is 7.09. The van der Waals surface area contributed by atoms with Crippen molar-refractivity contribution in [1.29, 1.82) is 0 Å². The lowest BCUT2D eigenvalue weighted by Crippen LogP contribution is -2.45. The number of hydrogen-bond donors (Lipinski definition) is 1. The van der Waals surface area contributed by atoms with E-state index < -0.39 is 0 Å². The van der Waals surface area contributed by atoms with Gasteiger partial charge in [0.2, 0.25) is 5.91 Å². The van der Waals surface area contributed by atoms with E-state index in [0.717, 1.165) is 13.1 Å². The highest BCUT2D eigenvalue weighted by Crippen LogP contribution is 2.37. The molecule has 0 aromatic rings. The summed E-state index contributed by atoms with van der Waals surface area (Å²) in [6.07, 6.45) is 4.83. The predicted octanol–water partition coefficient (Wildman–Crippen LogP) is 2.27. The third-order valence-corrected chi connectivity index (χ3v) is 5.04. The van der Waals surface area contributed by atoms with Crippen LogP contribution in [0.25, 0.3) is 0 Å². The van der Waals surface area contributed by atoms with Crippen LogP contribution in [-0.2, 0) is 4.79 Å². The van der Waals surface area contributed by atoms with Crippen molar-refractivity contribution >= 4 is 5.91 Å². The van der Waals surface area contributed by atoms with E-state index in [2.05, 4.69) is 26.1 Å². The van der Waals surface area contributed by atoms with Crippen molar-refractivity contribution in [2.45, 2.75) is 52.5 Å². The minimum atomic E-state index is 0.199. The van der Waals surface area contributed by atoms with Gasteiger partial charge in [0.1, 0.15) is 0 Å². The van der Waals surface area contributed by atoms with E-state index in [1.807, 2.05) is 11.9 Å². The average Bonchev–Trinajstić information content (AvgIpc) is 2.73. The van der Waals surface area contributed by atoms with Gasteiger partial charge >= 0.3 is 0 Å². The van der Waals surface area contributed by atoms with Gasteiger partial charge in [-0.05, 0) is 43.6 Å². The molecule has 18 heavy (non-hydrogen) atoms. The van der Waals surface area contributed by atoms with Crippen LogP contribution in [0.3, 0.4) is 0 Å². The van der Waals surface area contributed by atoms with Crippen LogP contribution in [-0.4, -0.2) is 37.0 Å². The third-order valence-electron chi connectivity index (χ3n) is 5.04. The van der Waals surface area contributed by atoms with Gasteiger partial charge in [-0.15, -0.1) is 0 Å². The van der Waals surface area contributed by atoms with Crippen molar-refractivity contribution in [3.8, 4) is 0 Å². The fourth-order valence-electron chi connectivity index (χ4n) is 3.35. The third kappa shape index (κ3) is 2.87. The highest BCUT2D eigenvalue weighted by Gasteiger charge is 2.36. The van der Waals surface area contributed by atoms with E-state index >= 15 is 0 Å².